The number of hydrogen-bond donors (Lipinski definition) is 1. The van der Waals surface area contributed by atoms with Gasteiger partial charge in [-0.25, -0.2) is 4.79 Å². The van der Waals surface area contributed by atoms with Crippen molar-refractivity contribution < 1.29 is 19.1 Å². The van der Waals surface area contributed by atoms with Gasteiger partial charge in [-0.15, -0.1) is 0 Å². The third-order valence-corrected chi connectivity index (χ3v) is 4.98. The van der Waals surface area contributed by atoms with Crippen LogP contribution in [0.3, 0.4) is 0 Å². The maximum Gasteiger partial charge on any atom is 0.347 e. The van der Waals surface area contributed by atoms with Crippen LogP contribution in [0.1, 0.15) is 49.4 Å². The summed E-state index contributed by atoms with van der Waals surface area (Å²) in [6.07, 6.45) is 1.07. The van der Waals surface area contributed by atoms with E-state index in [4.69, 9.17) is 14.7 Å². The predicted octanol–water partition coefficient (Wildman–Crippen LogP) is 3.45. The molecular weight excluding hydrogens is 368 g/mol. The fourth-order valence-electron chi connectivity index (χ4n) is 3.38. The molecule has 0 heterocycles. The normalized spacial score (nSPS) is 17.2. The Bertz CT molecular complexity index is 917. The van der Waals surface area contributed by atoms with Crippen LogP contribution in [-0.2, 0) is 20.7 Å². The highest BCUT2D eigenvalue weighted by Crippen LogP contribution is 2.29. The van der Waals surface area contributed by atoms with Gasteiger partial charge < -0.3 is 14.8 Å². The molecule has 2 aromatic carbocycles. The standard InChI is InChI=1S/C23H24N2O4/c1-15(22(26)25-21-9-5-7-18-6-3-4-8-20(18)21)29-23(27)16(2)28-19-12-10-17(14-24)11-13-19/h3-4,6,8,10-13,15-16,21H,5,7,9H2,1-2H3,(H,25,26)/t15-,16+,21-/m0/s1. The topological polar surface area (TPSA) is 88.4 Å². The number of nitrogens with zero attached hydrogens (tertiary/aromatic N) is 1. The molecule has 6 heteroatoms. The van der Waals surface area contributed by atoms with E-state index in [0.29, 0.717) is 11.3 Å². The van der Waals surface area contributed by atoms with E-state index in [1.807, 2.05) is 24.3 Å². The summed E-state index contributed by atoms with van der Waals surface area (Å²) in [7, 11) is 0. The molecule has 29 heavy (non-hydrogen) atoms. The van der Waals surface area contributed by atoms with Crippen molar-refractivity contribution in [2.45, 2.75) is 51.4 Å². The second-order valence-corrected chi connectivity index (χ2v) is 7.13. The minimum absolute atomic E-state index is 0.0686. The monoisotopic (exact) mass is 392 g/mol. The van der Waals surface area contributed by atoms with Gasteiger partial charge in [0, 0.05) is 0 Å². The second-order valence-electron chi connectivity index (χ2n) is 7.13. The number of esters is 1. The molecular formula is C23H24N2O4. The van der Waals surface area contributed by atoms with E-state index in [9.17, 15) is 9.59 Å². The number of hydrogen-bond acceptors (Lipinski definition) is 5. The fourth-order valence-corrected chi connectivity index (χ4v) is 3.38. The molecule has 0 unspecified atom stereocenters. The highest BCUT2D eigenvalue weighted by Gasteiger charge is 2.27. The molecule has 150 valence electrons. The molecule has 6 nitrogen and oxygen atoms in total. The summed E-state index contributed by atoms with van der Waals surface area (Å²) >= 11 is 0. The van der Waals surface area contributed by atoms with Crippen LogP contribution in [0.5, 0.6) is 5.75 Å². The lowest BCUT2D eigenvalue weighted by Crippen LogP contribution is -2.41. The Balaban J connectivity index is 1.53. The van der Waals surface area contributed by atoms with Gasteiger partial charge in [-0.1, -0.05) is 24.3 Å². The lowest BCUT2D eigenvalue weighted by molar-refractivity contribution is -0.161. The molecule has 0 bridgehead atoms. The Hall–Kier alpha value is -3.33. The van der Waals surface area contributed by atoms with E-state index in [1.165, 1.54) is 5.56 Å². The zero-order valence-electron chi connectivity index (χ0n) is 16.6. The molecule has 0 radical (unpaired) electrons. The third-order valence-electron chi connectivity index (χ3n) is 4.98. The summed E-state index contributed by atoms with van der Waals surface area (Å²) in [6, 6.07) is 16.5. The maximum atomic E-state index is 12.5. The van der Waals surface area contributed by atoms with Crippen molar-refractivity contribution in [3.63, 3.8) is 0 Å². The first-order valence-electron chi connectivity index (χ1n) is 9.73. The first-order chi connectivity index (χ1) is 14.0. The molecule has 1 aliphatic carbocycles. The van der Waals surface area contributed by atoms with Gasteiger partial charge in [0.15, 0.2) is 12.2 Å². The Morgan fingerprint density at radius 3 is 2.55 bits per heavy atom. The smallest absolute Gasteiger partial charge is 0.347 e. The predicted molar refractivity (Wildman–Crippen MR) is 107 cm³/mol. The van der Waals surface area contributed by atoms with Gasteiger partial charge in [0.2, 0.25) is 0 Å². The van der Waals surface area contributed by atoms with Crippen LogP contribution in [0.25, 0.3) is 0 Å². The average Bonchev–Trinajstić information content (AvgIpc) is 2.74. The Morgan fingerprint density at radius 1 is 1.10 bits per heavy atom. The summed E-state index contributed by atoms with van der Waals surface area (Å²) in [6.45, 7) is 3.11. The van der Waals surface area contributed by atoms with E-state index in [1.54, 1.807) is 38.1 Å². The van der Waals surface area contributed by atoms with E-state index in [0.717, 1.165) is 24.8 Å². The molecule has 0 saturated carbocycles. The highest BCUT2D eigenvalue weighted by atomic mass is 16.6. The molecule has 1 aliphatic rings. The zero-order valence-corrected chi connectivity index (χ0v) is 16.6. The molecule has 0 aliphatic heterocycles. The molecule has 0 spiro atoms. The lowest BCUT2D eigenvalue weighted by Gasteiger charge is -2.27. The van der Waals surface area contributed by atoms with E-state index >= 15 is 0 Å². The largest absolute Gasteiger partial charge is 0.479 e. The van der Waals surface area contributed by atoms with E-state index < -0.39 is 18.2 Å². The van der Waals surface area contributed by atoms with E-state index in [-0.39, 0.29) is 11.9 Å². The van der Waals surface area contributed by atoms with Crippen LogP contribution >= 0.6 is 0 Å². The van der Waals surface area contributed by atoms with Crippen molar-refractivity contribution >= 4 is 11.9 Å². The summed E-state index contributed by atoms with van der Waals surface area (Å²) in [4.78, 5) is 24.8. The molecule has 2 aromatic rings. The number of nitriles is 1. The number of rotatable bonds is 6. The highest BCUT2D eigenvalue weighted by molar-refractivity contribution is 5.84. The number of nitrogens with one attached hydrogen (secondary N) is 1. The van der Waals surface area contributed by atoms with Gasteiger partial charge >= 0.3 is 5.97 Å². The minimum atomic E-state index is -0.927. The van der Waals surface area contributed by atoms with Crippen LogP contribution in [0.15, 0.2) is 48.5 Å². The molecule has 0 fully saturated rings. The van der Waals surface area contributed by atoms with Crippen molar-refractivity contribution in [3.05, 3.63) is 65.2 Å². The van der Waals surface area contributed by atoms with Crippen molar-refractivity contribution in [2.24, 2.45) is 0 Å². The van der Waals surface area contributed by atoms with Crippen LogP contribution < -0.4 is 10.1 Å². The number of carbonyl (C=O) groups is 2. The summed E-state index contributed by atoms with van der Waals surface area (Å²) < 4.78 is 10.8. The minimum Gasteiger partial charge on any atom is -0.479 e. The van der Waals surface area contributed by atoms with Crippen LogP contribution in [0.4, 0.5) is 0 Å². The summed E-state index contributed by atoms with van der Waals surface area (Å²) in [5.74, 6) is -0.504. The first kappa shape index (κ1) is 20.4. The summed E-state index contributed by atoms with van der Waals surface area (Å²) in [5, 5.41) is 11.8. The zero-order chi connectivity index (χ0) is 20.8. The Labute approximate surface area is 170 Å². The fraction of sp³-hybridized carbons (Fsp3) is 0.348. The number of carbonyl (C=O) groups excluding carboxylic acids is 2. The lowest BCUT2D eigenvalue weighted by atomic mass is 9.87. The average molecular weight is 392 g/mol. The summed E-state index contributed by atoms with van der Waals surface area (Å²) in [5.41, 5.74) is 2.88. The number of benzene rings is 2. The molecule has 0 saturated heterocycles. The van der Waals surface area contributed by atoms with Crippen LogP contribution in [0.2, 0.25) is 0 Å². The van der Waals surface area contributed by atoms with Crippen molar-refractivity contribution in [2.75, 3.05) is 0 Å². The van der Waals surface area contributed by atoms with Crippen molar-refractivity contribution in [1.82, 2.24) is 5.32 Å². The number of amides is 1. The first-order valence-corrected chi connectivity index (χ1v) is 9.73. The Kier molecular flexibility index (Phi) is 6.50. The Morgan fingerprint density at radius 2 is 1.83 bits per heavy atom. The molecule has 3 atom stereocenters. The SMILES string of the molecule is C[C@H](OC(=O)[C@@H](C)Oc1ccc(C#N)cc1)C(=O)N[C@H]1CCCc2ccccc21. The van der Waals surface area contributed by atoms with E-state index in [2.05, 4.69) is 11.4 Å². The van der Waals surface area contributed by atoms with Gasteiger partial charge in [-0.3, -0.25) is 4.79 Å². The van der Waals surface area contributed by atoms with Crippen LogP contribution in [0, 0.1) is 11.3 Å². The molecule has 1 amide bonds. The number of fused-ring (bicyclic) bond motifs is 1. The van der Waals surface area contributed by atoms with Gasteiger partial charge in [-0.2, -0.15) is 5.26 Å². The van der Waals surface area contributed by atoms with Crippen molar-refractivity contribution in [3.8, 4) is 11.8 Å². The number of aryl methyl sites for hydroxylation is 1. The van der Waals surface area contributed by atoms with Gasteiger partial charge in [0.1, 0.15) is 5.75 Å². The number of ether oxygens (including phenoxy) is 2. The van der Waals surface area contributed by atoms with Crippen molar-refractivity contribution in [1.29, 1.82) is 5.26 Å². The molecule has 0 aromatic heterocycles. The van der Waals surface area contributed by atoms with Gasteiger partial charge in [0.05, 0.1) is 17.7 Å². The maximum absolute atomic E-state index is 12.5. The van der Waals surface area contributed by atoms with Gasteiger partial charge in [0.25, 0.3) is 5.91 Å². The molecule has 3 rings (SSSR count). The quantitative estimate of drug-likeness (QED) is 0.761. The molecule has 1 N–H and O–H groups in total. The van der Waals surface area contributed by atoms with Gasteiger partial charge in [-0.05, 0) is 68.5 Å². The van der Waals surface area contributed by atoms with Crippen LogP contribution in [-0.4, -0.2) is 24.1 Å². The third kappa shape index (κ3) is 5.14. The second kappa shape index (κ2) is 9.24.